The number of amides is 1. The molecule has 1 amide bonds. The van der Waals surface area contributed by atoms with Gasteiger partial charge in [0.15, 0.2) is 0 Å². The Morgan fingerprint density at radius 1 is 1.24 bits per heavy atom. The number of hydrogen-bond acceptors (Lipinski definition) is 2. The quantitative estimate of drug-likeness (QED) is 0.646. The van der Waals surface area contributed by atoms with Gasteiger partial charge in [0.1, 0.15) is 5.75 Å². The molecular weight excluding hydrogens is 357 g/mol. The van der Waals surface area contributed by atoms with Crippen molar-refractivity contribution in [3.63, 3.8) is 0 Å². The Morgan fingerprint density at radius 3 is 2.64 bits per heavy atom. The van der Waals surface area contributed by atoms with Crippen LogP contribution < -0.4 is 4.74 Å². The highest BCUT2D eigenvalue weighted by atomic mass is 35.5. The van der Waals surface area contributed by atoms with Crippen molar-refractivity contribution in [2.75, 3.05) is 14.2 Å². The van der Waals surface area contributed by atoms with E-state index in [2.05, 4.69) is 6.58 Å². The van der Waals surface area contributed by atoms with Gasteiger partial charge in [-0.2, -0.15) is 0 Å². The van der Waals surface area contributed by atoms with Crippen molar-refractivity contribution in [3.05, 3.63) is 75.8 Å². The van der Waals surface area contributed by atoms with E-state index < -0.39 is 0 Å². The monoisotopic (exact) mass is 375 g/mol. The fraction of sp³-hybridized carbons (Fsp3) is 0.250. The van der Waals surface area contributed by atoms with Gasteiger partial charge in [-0.05, 0) is 47.9 Å². The molecule has 2 aromatic carbocycles. The zero-order valence-electron chi connectivity index (χ0n) is 14.1. The van der Waals surface area contributed by atoms with Crippen LogP contribution in [0, 0.1) is 0 Å². The van der Waals surface area contributed by atoms with E-state index in [0.29, 0.717) is 22.0 Å². The molecule has 0 saturated carbocycles. The Balaban J connectivity index is 2.12. The summed E-state index contributed by atoms with van der Waals surface area (Å²) in [5.41, 5.74) is 2.70. The smallest absolute Gasteiger partial charge is 0.254 e. The van der Waals surface area contributed by atoms with Gasteiger partial charge in [0.2, 0.25) is 0 Å². The summed E-state index contributed by atoms with van der Waals surface area (Å²) in [5, 5.41) is 1.02. The molecule has 0 radical (unpaired) electrons. The van der Waals surface area contributed by atoms with Crippen LogP contribution in [0.2, 0.25) is 10.0 Å². The average Bonchev–Trinajstić information content (AvgIpc) is 2.86. The van der Waals surface area contributed by atoms with Crippen molar-refractivity contribution in [1.29, 1.82) is 0 Å². The van der Waals surface area contributed by atoms with Gasteiger partial charge in [-0.1, -0.05) is 35.3 Å². The molecule has 0 aliphatic carbocycles. The van der Waals surface area contributed by atoms with Crippen LogP contribution in [0.4, 0.5) is 0 Å². The van der Waals surface area contributed by atoms with Gasteiger partial charge < -0.3 is 9.64 Å². The SMILES string of the molecule is C=CCC(c1ccc(Cl)c(Cl)c1)C1c2cc(OC)ccc2C(=O)N1C. The molecule has 0 saturated heterocycles. The van der Waals surface area contributed by atoms with Crippen LogP contribution in [0.3, 0.4) is 0 Å². The van der Waals surface area contributed by atoms with Crippen LogP contribution in [0.15, 0.2) is 49.1 Å². The minimum Gasteiger partial charge on any atom is -0.497 e. The van der Waals surface area contributed by atoms with Crippen molar-refractivity contribution < 1.29 is 9.53 Å². The van der Waals surface area contributed by atoms with Crippen LogP contribution in [-0.2, 0) is 0 Å². The first-order valence-electron chi connectivity index (χ1n) is 7.98. The predicted molar refractivity (Wildman–Crippen MR) is 102 cm³/mol. The fourth-order valence-corrected chi connectivity index (χ4v) is 3.80. The molecule has 1 aliphatic rings. The van der Waals surface area contributed by atoms with E-state index in [1.807, 2.05) is 43.5 Å². The zero-order valence-corrected chi connectivity index (χ0v) is 15.6. The van der Waals surface area contributed by atoms with Crippen molar-refractivity contribution in [3.8, 4) is 5.75 Å². The Bertz CT molecular complexity index is 834. The summed E-state index contributed by atoms with van der Waals surface area (Å²) < 4.78 is 5.35. The first-order valence-corrected chi connectivity index (χ1v) is 8.74. The molecule has 0 aromatic heterocycles. The lowest BCUT2D eigenvalue weighted by Gasteiger charge is -2.30. The third kappa shape index (κ3) is 3.14. The molecule has 2 unspecified atom stereocenters. The topological polar surface area (TPSA) is 29.5 Å². The van der Waals surface area contributed by atoms with Gasteiger partial charge in [0.25, 0.3) is 5.91 Å². The van der Waals surface area contributed by atoms with E-state index in [-0.39, 0.29) is 17.9 Å². The third-order valence-electron chi connectivity index (χ3n) is 4.72. The van der Waals surface area contributed by atoms with E-state index in [9.17, 15) is 4.79 Å². The van der Waals surface area contributed by atoms with Crippen molar-refractivity contribution in [2.45, 2.75) is 18.4 Å². The Hall–Kier alpha value is -1.97. The first-order chi connectivity index (χ1) is 12.0. The number of halogens is 2. The summed E-state index contributed by atoms with van der Waals surface area (Å²) in [6, 6.07) is 11.1. The number of nitrogens with zero attached hydrogens (tertiary/aromatic N) is 1. The molecule has 0 N–H and O–H groups in total. The highest BCUT2D eigenvalue weighted by Gasteiger charge is 2.39. The second-order valence-corrected chi connectivity index (χ2v) is 6.93. The zero-order chi connectivity index (χ0) is 18.1. The second-order valence-electron chi connectivity index (χ2n) is 6.12. The van der Waals surface area contributed by atoms with Crippen LogP contribution in [0.1, 0.15) is 39.9 Å². The average molecular weight is 376 g/mol. The van der Waals surface area contributed by atoms with E-state index in [0.717, 1.165) is 16.9 Å². The molecule has 1 aliphatic heterocycles. The Morgan fingerprint density at radius 2 is 2.00 bits per heavy atom. The maximum atomic E-state index is 12.7. The number of ether oxygens (including phenoxy) is 1. The predicted octanol–water partition coefficient (Wildman–Crippen LogP) is 5.49. The van der Waals surface area contributed by atoms with Crippen LogP contribution in [0.25, 0.3) is 0 Å². The number of methoxy groups -OCH3 is 1. The maximum absolute atomic E-state index is 12.7. The first kappa shape index (κ1) is 17.8. The molecular formula is C20H19Cl2NO2. The summed E-state index contributed by atoms with van der Waals surface area (Å²) in [4.78, 5) is 14.5. The number of rotatable bonds is 5. The minimum absolute atomic E-state index is 0.0109. The van der Waals surface area contributed by atoms with Gasteiger partial charge in [-0.25, -0.2) is 0 Å². The third-order valence-corrected chi connectivity index (χ3v) is 5.46. The van der Waals surface area contributed by atoms with Crippen LogP contribution in [-0.4, -0.2) is 25.0 Å². The van der Waals surface area contributed by atoms with Gasteiger partial charge in [0, 0.05) is 18.5 Å². The Labute approximate surface area is 157 Å². The van der Waals surface area contributed by atoms with Crippen LogP contribution in [0.5, 0.6) is 5.75 Å². The molecule has 0 bridgehead atoms. The highest BCUT2D eigenvalue weighted by molar-refractivity contribution is 6.42. The van der Waals surface area contributed by atoms with Crippen molar-refractivity contribution in [1.82, 2.24) is 4.90 Å². The van der Waals surface area contributed by atoms with Gasteiger partial charge >= 0.3 is 0 Å². The molecule has 3 rings (SSSR count). The summed E-state index contributed by atoms with van der Waals surface area (Å²) in [6.45, 7) is 3.88. The van der Waals surface area contributed by atoms with Crippen molar-refractivity contribution >= 4 is 29.1 Å². The molecule has 130 valence electrons. The number of carbonyl (C=O) groups excluding carboxylic acids is 1. The number of fused-ring (bicyclic) bond motifs is 1. The molecule has 0 spiro atoms. The lowest BCUT2D eigenvalue weighted by atomic mass is 9.84. The summed E-state index contributed by atoms with van der Waals surface area (Å²) in [6.07, 6.45) is 2.57. The number of hydrogen-bond donors (Lipinski definition) is 0. The standard InChI is InChI=1S/C20H19Cl2NO2/c1-4-5-14(12-6-9-17(21)18(22)10-12)19-16-11-13(25-3)7-8-15(16)20(24)23(19)2/h4,6-11,14,19H,1,5H2,2-3H3. The molecule has 2 aromatic rings. The Kier molecular flexibility index (Phi) is 5.07. The lowest BCUT2D eigenvalue weighted by molar-refractivity contribution is 0.0755. The number of carbonyl (C=O) groups is 1. The van der Waals surface area contributed by atoms with Crippen molar-refractivity contribution in [2.24, 2.45) is 0 Å². The van der Waals surface area contributed by atoms with Gasteiger partial charge in [-0.15, -0.1) is 6.58 Å². The van der Waals surface area contributed by atoms with E-state index in [1.54, 1.807) is 18.1 Å². The second kappa shape index (κ2) is 7.11. The number of benzene rings is 2. The molecule has 2 atom stereocenters. The normalized spacial score (nSPS) is 17.4. The summed E-state index contributed by atoms with van der Waals surface area (Å²) in [7, 11) is 3.45. The van der Waals surface area contributed by atoms with Gasteiger partial charge in [-0.3, -0.25) is 4.79 Å². The van der Waals surface area contributed by atoms with Crippen LogP contribution >= 0.6 is 23.2 Å². The molecule has 5 heteroatoms. The minimum atomic E-state index is -0.118. The lowest BCUT2D eigenvalue weighted by Crippen LogP contribution is -2.27. The van der Waals surface area contributed by atoms with E-state index in [4.69, 9.17) is 27.9 Å². The fourth-order valence-electron chi connectivity index (χ4n) is 3.49. The molecule has 3 nitrogen and oxygen atoms in total. The maximum Gasteiger partial charge on any atom is 0.254 e. The molecule has 25 heavy (non-hydrogen) atoms. The largest absolute Gasteiger partial charge is 0.497 e. The van der Waals surface area contributed by atoms with E-state index >= 15 is 0 Å². The molecule has 0 fully saturated rings. The summed E-state index contributed by atoms with van der Waals surface area (Å²) >= 11 is 12.3. The van der Waals surface area contributed by atoms with E-state index in [1.165, 1.54) is 0 Å². The van der Waals surface area contributed by atoms with Gasteiger partial charge in [0.05, 0.1) is 23.2 Å². The molecule has 1 heterocycles. The summed E-state index contributed by atoms with van der Waals surface area (Å²) in [5.74, 6) is 0.768. The number of allylic oxidation sites excluding steroid dienone is 1. The number of likely N-dealkylation sites (N-methyl/N-ethyl adjacent to an activating group) is 1. The highest BCUT2D eigenvalue weighted by Crippen LogP contribution is 2.45.